The number of rotatable bonds is 9. The third kappa shape index (κ3) is 5.30. The highest BCUT2D eigenvalue weighted by molar-refractivity contribution is 5.88. The lowest BCUT2D eigenvalue weighted by atomic mass is 9.98. The first-order chi connectivity index (χ1) is 16.0. The van der Waals surface area contributed by atoms with Gasteiger partial charge in [-0.2, -0.15) is 13.2 Å². The highest BCUT2D eigenvalue weighted by Crippen LogP contribution is 2.44. The van der Waals surface area contributed by atoms with Crippen molar-refractivity contribution < 1.29 is 42.1 Å². The average Bonchev–Trinajstić information content (AvgIpc) is 3.10. The van der Waals surface area contributed by atoms with E-state index in [0.717, 1.165) is 22.3 Å². The number of halogens is 3. The normalized spacial score (nSPS) is 14.5. The van der Waals surface area contributed by atoms with Gasteiger partial charge < -0.3 is 25.2 Å². The number of carboxylic acid groups (broad SMARTS) is 1. The van der Waals surface area contributed by atoms with Crippen LogP contribution in [0.4, 0.5) is 18.0 Å². The lowest BCUT2D eigenvalue weighted by Crippen LogP contribution is -2.62. The number of carboxylic acids is 1. The van der Waals surface area contributed by atoms with Gasteiger partial charge >= 0.3 is 18.2 Å². The predicted molar refractivity (Wildman–Crippen MR) is 114 cm³/mol. The number of alkyl carbamates (subject to hydrolysis) is 1. The molecule has 182 valence electrons. The molecule has 0 aromatic heterocycles. The summed E-state index contributed by atoms with van der Waals surface area (Å²) in [6.45, 7) is -0.640. The van der Waals surface area contributed by atoms with Crippen molar-refractivity contribution in [1.29, 1.82) is 0 Å². The molecule has 1 aliphatic rings. The van der Waals surface area contributed by atoms with Crippen molar-refractivity contribution in [3.05, 3.63) is 59.7 Å². The van der Waals surface area contributed by atoms with Gasteiger partial charge in [0.2, 0.25) is 11.4 Å². The van der Waals surface area contributed by atoms with E-state index in [-0.39, 0.29) is 25.7 Å². The van der Waals surface area contributed by atoms with Crippen molar-refractivity contribution in [2.24, 2.45) is 0 Å². The number of ether oxygens (including phenoxy) is 2. The van der Waals surface area contributed by atoms with Gasteiger partial charge in [-0.05, 0) is 29.2 Å². The molecule has 0 bridgehead atoms. The lowest BCUT2D eigenvalue weighted by molar-refractivity contribution is -0.207. The molecule has 1 unspecified atom stereocenters. The Balaban J connectivity index is 1.41. The lowest BCUT2D eigenvalue weighted by Gasteiger charge is -2.28. The van der Waals surface area contributed by atoms with Gasteiger partial charge in [-0.1, -0.05) is 48.5 Å². The molecule has 0 fully saturated rings. The molecule has 0 spiro atoms. The molecule has 2 aromatic carbocycles. The first kappa shape index (κ1) is 25.0. The molecule has 0 heterocycles. The minimum Gasteiger partial charge on any atom is -0.479 e. The fourth-order valence-corrected chi connectivity index (χ4v) is 3.60. The van der Waals surface area contributed by atoms with Crippen LogP contribution < -0.4 is 10.6 Å². The van der Waals surface area contributed by atoms with Crippen LogP contribution in [0.1, 0.15) is 24.0 Å². The molecule has 2 aromatic rings. The van der Waals surface area contributed by atoms with Crippen LogP contribution in [0, 0.1) is 0 Å². The third-order valence-electron chi connectivity index (χ3n) is 5.48. The second kappa shape index (κ2) is 10.1. The van der Waals surface area contributed by atoms with Crippen molar-refractivity contribution in [1.82, 2.24) is 10.6 Å². The van der Waals surface area contributed by atoms with E-state index in [1.807, 2.05) is 48.5 Å². The van der Waals surface area contributed by atoms with Crippen molar-refractivity contribution in [3.8, 4) is 11.1 Å². The van der Waals surface area contributed by atoms with E-state index in [4.69, 9.17) is 14.6 Å². The van der Waals surface area contributed by atoms with Crippen LogP contribution in [0.3, 0.4) is 0 Å². The van der Waals surface area contributed by atoms with Gasteiger partial charge in [-0.15, -0.1) is 0 Å². The number of amides is 2. The fraction of sp³-hybridized carbons (Fsp3) is 0.348. The van der Waals surface area contributed by atoms with Crippen LogP contribution >= 0.6 is 0 Å². The first-order valence-electron chi connectivity index (χ1n) is 10.3. The monoisotopic (exact) mass is 480 g/mol. The van der Waals surface area contributed by atoms with E-state index in [1.54, 1.807) is 0 Å². The Hall–Kier alpha value is -3.60. The van der Waals surface area contributed by atoms with E-state index in [9.17, 15) is 27.6 Å². The smallest absolute Gasteiger partial charge is 0.422 e. The maximum absolute atomic E-state index is 12.9. The largest absolute Gasteiger partial charge is 0.479 e. The molecular weight excluding hydrogens is 457 g/mol. The standard InChI is InChI=1S/C23H23F3N2O6/c1-22(20(30)31,23(24,25)26)28-19(29)13-33-11-10-27-21(32)34-12-18-16-8-4-2-6-14(16)15-7-3-5-9-17(15)18/h2-9,18H,10-13H2,1H3,(H,27,32)(H,28,29)(H,30,31). The van der Waals surface area contributed by atoms with Crippen molar-refractivity contribution in [2.45, 2.75) is 24.6 Å². The zero-order chi connectivity index (χ0) is 24.9. The number of hydrogen-bond acceptors (Lipinski definition) is 5. The molecule has 34 heavy (non-hydrogen) atoms. The maximum atomic E-state index is 12.9. The topological polar surface area (TPSA) is 114 Å². The van der Waals surface area contributed by atoms with Crippen LogP contribution in [0.25, 0.3) is 11.1 Å². The highest BCUT2D eigenvalue weighted by Gasteiger charge is 2.58. The quantitative estimate of drug-likeness (QED) is 0.476. The molecule has 0 aliphatic heterocycles. The van der Waals surface area contributed by atoms with Gasteiger partial charge in [0.05, 0.1) is 6.61 Å². The Morgan fingerprint density at radius 3 is 2.09 bits per heavy atom. The summed E-state index contributed by atoms with van der Waals surface area (Å²) in [5.74, 6) is -3.62. The molecule has 0 radical (unpaired) electrons. The molecule has 11 heteroatoms. The van der Waals surface area contributed by atoms with Crippen molar-refractivity contribution in [3.63, 3.8) is 0 Å². The Kier molecular flexibility index (Phi) is 7.45. The molecule has 1 atom stereocenters. The molecule has 1 aliphatic carbocycles. The fourth-order valence-electron chi connectivity index (χ4n) is 3.60. The zero-order valence-electron chi connectivity index (χ0n) is 18.1. The summed E-state index contributed by atoms with van der Waals surface area (Å²) in [4.78, 5) is 34.6. The van der Waals surface area contributed by atoms with Crippen molar-refractivity contribution >= 4 is 18.0 Å². The number of nitrogens with one attached hydrogen (secondary N) is 2. The Bertz CT molecular complexity index is 1030. The van der Waals surface area contributed by atoms with E-state index in [2.05, 4.69) is 5.32 Å². The summed E-state index contributed by atoms with van der Waals surface area (Å²) in [5.41, 5.74) is 0.843. The van der Waals surface area contributed by atoms with Crippen LogP contribution in [-0.4, -0.2) is 61.2 Å². The summed E-state index contributed by atoms with van der Waals surface area (Å²) < 4.78 is 48.9. The summed E-state index contributed by atoms with van der Waals surface area (Å²) >= 11 is 0. The number of carbonyl (C=O) groups excluding carboxylic acids is 2. The Morgan fingerprint density at radius 1 is 1.00 bits per heavy atom. The second-order valence-electron chi connectivity index (χ2n) is 7.78. The van der Waals surface area contributed by atoms with Gasteiger partial charge in [-0.3, -0.25) is 4.79 Å². The number of alkyl halides is 3. The van der Waals surface area contributed by atoms with Gasteiger partial charge in [0.15, 0.2) is 0 Å². The van der Waals surface area contributed by atoms with E-state index < -0.39 is 36.3 Å². The van der Waals surface area contributed by atoms with E-state index in [0.29, 0.717) is 6.92 Å². The van der Waals surface area contributed by atoms with Gasteiger partial charge in [0.25, 0.3) is 0 Å². The zero-order valence-corrected chi connectivity index (χ0v) is 18.1. The summed E-state index contributed by atoms with van der Waals surface area (Å²) in [5, 5.41) is 12.6. The molecular formula is C23H23F3N2O6. The SMILES string of the molecule is CC(NC(=O)COCCNC(=O)OCC1c2ccccc2-c2ccccc21)(C(=O)O)C(F)(F)F. The molecule has 0 saturated heterocycles. The second-order valence-corrected chi connectivity index (χ2v) is 7.78. The molecule has 8 nitrogen and oxygen atoms in total. The predicted octanol–water partition coefficient (Wildman–Crippen LogP) is 3.06. The number of hydrogen-bond donors (Lipinski definition) is 3. The number of fused-ring (bicyclic) bond motifs is 3. The summed E-state index contributed by atoms with van der Waals surface area (Å²) in [7, 11) is 0. The first-order valence-corrected chi connectivity index (χ1v) is 10.3. The number of carbonyl (C=O) groups is 3. The molecule has 3 N–H and O–H groups in total. The number of benzene rings is 2. The van der Waals surface area contributed by atoms with E-state index >= 15 is 0 Å². The van der Waals surface area contributed by atoms with Gasteiger partial charge in [0, 0.05) is 12.5 Å². The van der Waals surface area contributed by atoms with Gasteiger partial charge in [0.1, 0.15) is 13.2 Å². The molecule has 2 amide bonds. The summed E-state index contributed by atoms with van der Waals surface area (Å²) in [6, 6.07) is 15.7. The van der Waals surface area contributed by atoms with E-state index in [1.165, 1.54) is 5.32 Å². The maximum Gasteiger partial charge on any atom is 0.422 e. The van der Waals surface area contributed by atoms with Crippen LogP contribution in [-0.2, 0) is 19.1 Å². The highest BCUT2D eigenvalue weighted by atomic mass is 19.4. The van der Waals surface area contributed by atoms with Crippen molar-refractivity contribution in [2.75, 3.05) is 26.4 Å². The van der Waals surface area contributed by atoms with Crippen LogP contribution in [0.5, 0.6) is 0 Å². The number of aliphatic carboxylic acids is 1. The van der Waals surface area contributed by atoms with Crippen LogP contribution in [0.2, 0.25) is 0 Å². The minimum atomic E-state index is -5.19. The Morgan fingerprint density at radius 2 is 1.56 bits per heavy atom. The summed E-state index contributed by atoms with van der Waals surface area (Å²) in [6.07, 6.45) is -5.91. The van der Waals surface area contributed by atoms with Crippen LogP contribution in [0.15, 0.2) is 48.5 Å². The molecule has 3 rings (SSSR count). The third-order valence-corrected chi connectivity index (χ3v) is 5.48. The Labute approximate surface area is 193 Å². The van der Waals surface area contributed by atoms with Gasteiger partial charge in [-0.25, -0.2) is 9.59 Å². The minimum absolute atomic E-state index is 0.0700. The average molecular weight is 480 g/mol. The molecule has 0 saturated carbocycles.